The molecule has 2 aromatic heterocycles. The van der Waals surface area contributed by atoms with E-state index in [9.17, 15) is 9.59 Å². The third-order valence-corrected chi connectivity index (χ3v) is 5.68. The summed E-state index contributed by atoms with van der Waals surface area (Å²) in [5, 5.41) is 19.6. The van der Waals surface area contributed by atoms with Crippen molar-refractivity contribution < 1.29 is 24.2 Å². The Morgan fingerprint density at radius 3 is 2.48 bits per heavy atom. The van der Waals surface area contributed by atoms with Gasteiger partial charge >= 0.3 is 5.97 Å². The van der Waals surface area contributed by atoms with Crippen LogP contribution in [0.25, 0.3) is 11.0 Å². The van der Waals surface area contributed by atoms with Crippen molar-refractivity contribution in [1.82, 2.24) is 15.0 Å². The summed E-state index contributed by atoms with van der Waals surface area (Å²) in [4.78, 5) is 48.4. The van der Waals surface area contributed by atoms with Crippen molar-refractivity contribution in [2.75, 3.05) is 23.4 Å². The predicted octanol–water partition coefficient (Wildman–Crippen LogP) is 4.44. The number of anilines is 2. The van der Waals surface area contributed by atoms with Crippen LogP contribution in [0.3, 0.4) is 0 Å². The third-order valence-electron chi connectivity index (χ3n) is 5.68. The third kappa shape index (κ3) is 7.88. The SMILES string of the molecule is CC(=O)O.CCOC(=O)CCN(C(=O)c1ccc2[nH]c(CNc3ccc(C#N)cc3)nc2c1C)c1ccccn1. The number of carbonyl (C=O) groups is 3. The van der Waals surface area contributed by atoms with Crippen LogP contribution in [0, 0.1) is 18.3 Å². The van der Waals surface area contributed by atoms with Crippen molar-refractivity contribution in [3.63, 3.8) is 0 Å². The Bertz CT molecular complexity index is 1510. The molecule has 0 aliphatic heterocycles. The highest BCUT2D eigenvalue weighted by Crippen LogP contribution is 2.24. The average Bonchev–Trinajstić information content (AvgIpc) is 3.37. The van der Waals surface area contributed by atoms with Crippen LogP contribution >= 0.6 is 0 Å². The highest BCUT2D eigenvalue weighted by atomic mass is 16.5. The summed E-state index contributed by atoms with van der Waals surface area (Å²) in [5.41, 5.74) is 4.19. The number of amides is 1. The molecule has 0 aliphatic rings. The van der Waals surface area contributed by atoms with E-state index < -0.39 is 5.97 Å². The molecule has 40 heavy (non-hydrogen) atoms. The van der Waals surface area contributed by atoms with Crippen LogP contribution in [0.4, 0.5) is 11.5 Å². The molecule has 0 bridgehead atoms. The number of carbonyl (C=O) groups excluding carboxylic acids is 2. The Kier molecular flexibility index (Phi) is 10.3. The molecule has 206 valence electrons. The lowest BCUT2D eigenvalue weighted by Gasteiger charge is -2.22. The van der Waals surface area contributed by atoms with E-state index in [2.05, 4.69) is 21.4 Å². The lowest BCUT2D eigenvalue weighted by Crippen LogP contribution is -2.34. The first-order chi connectivity index (χ1) is 19.2. The zero-order valence-electron chi connectivity index (χ0n) is 22.5. The van der Waals surface area contributed by atoms with Crippen LogP contribution in [-0.4, -0.2) is 51.1 Å². The molecule has 0 saturated heterocycles. The number of benzene rings is 2. The van der Waals surface area contributed by atoms with Gasteiger partial charge in [0.2, 0.25) is 0 Å². The molecule has 4 aromatic rings. The molecule has 0 fully saturated rings. The quantitative estimate of drug-likeness (QED) is 0.260. The van der Waals surface area contributed by atoms with Crippen molar-refractivity contribution in [3.8, 4) is 6.07 Å². The number of aromatic amines is 1. The van der Waals surface area contributed by atoms with Gasteiger partial charge in [-0.1, -0.05) is 6.07 Å². The van der Waals surface area contributed by atoms with Crippen LogP contribution < -0.4 is 10.2 Å². The number of pyridine rings is 1. The number of aryl methyl sites for hydroxylation is 1. The van der Waals surface area contributed by atoms with Crippen molar-refractivity contribution in [3.05, 3.63) is 83.3 Å². The van der Waals surface area contributed by atoms with Gasteiger partial charge in [0.05, 0.1) is 42.2 Å². The molecule has 0 saturated carbocycles. The maximum absolute atomic E-state index is 13.6. The number of fused-ring (bicyclic) bond motifs is 1. The molecular formula is C29H30N6O5. The van der Waals surface area contributed by atoms with Crippen molar-refractivity contribution in [2.24, 2.45) is 0 Å². The number of hydrogen-bond acceptors (Lipinski definition) is 8. The predicted molar refractivity (Wildman–Crippen MR) is 150 cm³/mol. The van der Waals surface area contributed by atoms with Gasteiger partial charge in [-0.15, -0.1) is 0 Å². The number of aliphatic carboxylic acids is 1. The number of nitrogens with zero attached hydrogens (tertiary/aromatic N) is 4. The number of carboxylic acids is 1. The van der Waals surface area contributed by atoms with Crippen LogP contribution in [0.5, 0.6) is 0 Å². The molecule has 11 nitrogen and oxygen atoms in total. The minimum Gasteiger partial charge on any atom is -0.481 e. The number of esters is 1. The number of ether oxygens (including phenoxy) is 1. The molecule has 2 aromatic carbocycles. The Morgan fingerprint density at radius 2 is 1.85 bits per heavy atom. The molecule has 0 radical (unpaired) electrons. The van der Waals surface area contributed by atoms with Gasteiger partial charge in [-0.25, -0.2) is 9.97 Å². The van der Waals surface area contributed by atoms with E-state index in [-0.39, 0.29) is 31.4 Å². The number of H-pyrrole nitrogens is 1. The zero-order valence-corrected chi connectivity index (χ0v) is 22.5. The fourth-order valence-corrected chi connectivity index (χ4v) is 3.84. The summed E-state index contributed by atoms with van der Waals surface area (Å²) in [7, 11) is 0. The van der Waals surface area contributed by atoms with Crippen LogP contribution in [0.15, 0.2) is 60.8 Å². The summed E-state index contributed by atoms with van der Waals surface area (Å²) in [6.45, 7) is 5.56. The van der Waals surface area contributed by atoms with Crippen molar-refractivity contribution in [2.45, 2.75) is 33.7 Å². The fraction of sp³-hybridized carbons (Fsp3) is 0.241. The number of carboxylic acid groups (broad SMARTS) is 1. The van der Waals surface area contributed by atoms with Gasteiger partial charge in [0.1, 0.15) is 11.6 Å². The Hall–Kier alpha value is -5.24. The standard InChI is InChI=1S/C27H26N6O3.C2H4O2/c1-3-36-25(34)13-15-33(24-6-4-5-14-29-24)27(35)21-11-12-22-26(18(21)2)32-23(31-22)17-30-20-9-7-19(16-28)8-10-20;1-2(3)4/h4-12,14,30H,3,13,15,17H2,1-2H3,(H,31,32);1H3,(H,3,4). The first-order valence-electron chi connectivity index (χ1n) is 12.5. The Morgan fingerprint density at radius 1 is 1.12 bits per heavy atom. The molecule has 11 heteroatoms. The van der Waals surface area contributed by atoms with E-state index in [1.165, 1.54) is 4.90 Å². The van der Waals surface area contributed by atoms with Gasteiger partial charge in [0, 0.05) is 30.9 Å². The van der Waals surface area contributed by atoms with Gasteiger partial charge < -0.3 is 20.1 Å². The van der Waals surface area contributed by atoms with E-state index in [4.69, 9.17) is 24.9 Å². The lowest BCUT2D eigenvalue weighted by molar-refractivity contribution is -0.142. The summed E-state index contributed by atoms with van der Waals surface area (Å²) < 4.78 is 5.03. The van der Waals surface area contributed by atoms with Gasteiger partial charge in [0.15, 0.2) is 0 Å². The van der Waals surface area contributed by atoms with Crippen LogP contribution in [-0.2, 0) is 20.9 Å². The van der Waals surface area contributed by atoms with Gasteiger partial charge in [-0.3, -0.25) is 19.3 Å². The molecule has 0 unspecified atom stereocenters. The molecule has 0 atom stereocenters. The second-order valence-electron chi connectivity index (χ2n) is 8.58. The average molecular weight is 543 g/mol. The monoisotopic (exact) mass is 542 g/mol. The van der Waals surface area contributed by atoms with Crippen LogP contribution in [0.1, 0.15) is 47.6 Å². The van der Waals surface area contributed by atoms with E-state index in [1.54, 1.807) is 49.5 Å². The number of nitrogens with one attached hydrogen (secondary N) is 2. The normalized spacial score (nSPS) is 10.2. The van der Waals surface area contributed by atoms with Gasteiger partial charge in [-0.2, -0.15) is 5.26 Å². The van der Waals surface area contributed by atoms with Gasteiger partial charge in [-0.05, 0) is 67.9 Å². The summed E-state index contributed by atoms with van der Waals surface area (Å²) >= 11 is 0. The summed E-state index contributed by atoms with van der Waals surface area (Å²) in [6, 6.07) is 18.2. The van der Waals surface area contributed by atoms with Gasteiger partial charge in [0.25, 0.3) is 11.9 Å². The molecule has 3 N–H and O–H groups in total. The number of hydrogen-bond donors (Lipinski definition) is 3. The minimum atomic E-state index is -0.833. The van der Waals surface area contributed by atoms with Crippen LogP contribution in [0.2, 0.25) is 0 Å². The Labute approximate surface area is 231 Å². The number of nitriles is 1. The topological polar surface area (TPSA) is 161 Å². The first-order valence-corrected chi connectivity index (χ1v) is 12.5. The van der Waals surface area contributed by atoms with E-state index in [1.807, 2.05) is 25.1 Å². The van der Waals surface area contributed by atoms with E-state index >= 15 is 0 Å². The molecule has 0 spiro atoms. The lowest BCUT2D eigenvalue weighted by atomic mass is 10.1. The first kappa shape index (κ1) is 29.3. The number of imidazole rings is 1. The highest BCUT2D eigenvalue weighted by Gasteiger charge is 2.23. The van der Waals surface area contributed by atoms with E-state index in [0.29, 0.717) is 34.8 Å². The van der Waals surface area contributed by atoms with Crippen molar-refractivity contribution >= 4 is 40.4 Å². The Balaban J connectivity index is 0.00000103. The smallest absolute Gasteiger partial charge is 0.307 e. The maximum atomic E-state index is 13.6. The fourth-order valence-electron chi connectivity index (χ4n) is 3.84. The minimum absolute atomic E-state index is 0.0605. The molecule has 1 amide bonds. The second kappa shape index (κ2) is 14.1. The second-order valence-corrected chi connectivity index (χ2v) is 8.58. The highest BCUT2D eigenvalue weighted by molar-refractivity contribution is 6.08. The number of rotatable bonds is 9. The van der Waals surface area contributed by atoms with E-state index in [0.717, 1.165) is 23.7 Å². The largest absolute Gasteiger partial charge is 0.481 e. The number of aromatic nitrogens is 3. The molecular weight excluding hydrogens is 512 g/mol. The molecule has 0 aliphatic carbocycles. The maximum Gasteiger partial charge on any atom is 0.307 e. The summed E-state index contributed by atoms with van der Waals surface area (Å²) in [6.07, 6.45) is 1.67. The molecule has 2 heterocycles. The molecule has 4 rings (SSSR count). The van der Waals surface area contributed by atoms with Crippen molar-refractivity contribution in [1.29, 1.82) is 5.26 Å². The zero-order chi connectivity index (χ0) is 29.1. The summed E-state index contributed by atoms with van der Waals surface area (Å²) in [5.74, 6) is -0.297.